The molecule has 0 radical (unpaired) electrons. The van der Waals surface area contributed by atoms with Crippen LogP contribution in [-0.4, -0.2) is 109 Å². The molecule has 7 N–H and O–H groups in total. The van der Waals surface area contributed by atoms with Crippen LogP contribution in [0.2, 0.25) is 0 Å². The molecular weight excluding hydrogens is 534 g/mol. The van der Waals surface area contributed by atoms with Crippen molar-refractivity contribution < 1.29 is 58.9 Å². The Labute approximate surface area is 230 Å². The summed E-state index contributed by atoms with van der Waals surface area (Å²) in [5.74, 6) is -7.22. The summed E-state index contributed by atoms with van der Waals surface area (Å²) in [7, 11) is 0. The third-order valence-electron chi connectivity index (χ3n) is 11.0. The fourth-order valence-electron chi connectivity index (χ4n) is 9.32. The number of halogens is 2. The van der Waals surface area contributed by atoms with Crippen molar-refractivity contribution in [3.05, 3.63) is 23.3 Å². The number of rotatable bonds is 4. The Morgan fingerprint density at radius 2 is 1.73 bits per heavy atom. The first-order valence-corrected chi connectivity index (χ1v) is 13.7. The Morgan fingerprint density at radius 1 is 1.07 bits per heavy atom. The van der Waals surface area contributed by atoms with E-state index in [1.807, 2.05) is 0 Å². The van der Waals surface area contributed by atoms with Crippen LogP contribution in [-0.2, 0) is 14.3 Å². The summed E-state index contributed by atoms with van der Waals surface area (Å²) in [5.41, 5.74) is -7.04. The predicted molar refractivity (Wildman–Crippen MR) is 133 cm³/mol. The van der Waals surface area contributed by atoms with E-state index in [0.29, 0.717) is 6.42 Å². The topological polar surface area (TPSA) is 185 Å². The lowest BCUT2D eigenvalue weighted by Crippen LogP contribution is -2.73. The molecular formula is C28H38F2O10. The highest BCUT2D eigenvalue weighted by Crippen LogP contribution is 2.72. The summed E-state index contributed by atoms with van der Waals surface area (Å²) in [6.07, 6.45) is -10.4. The van der Waals surface area contributed by atoms with E-state index >= 15 is 8.78 Å². The molecule has 12 heteroatoms. The van der Waals surface area contributed by atoms with Gasteiger partial charge in [0.15, 0.2) is 17.2 Å². The van der Waals surface area contributed by atoms with Crippen molar-refractivity contribution in [2.75, 3.05) is 13.2 Å². The lowest BCUT2D eigenvalue weighted by Gasteiger charge is -2.65. The number of hydrogen-bond donors (Lipinski definition) is 7. The number of ketones is 2. The minimum Gasteiger partial charge on any atom is -0.394 e. The number of hydrogen-bond acceptors (Lipinski definition) is 10. The third kappa shape index (κ3) is 3.54. The Morgan fingerprint density at radius 3 is 2.33 bits per heavy atom. The Bertz CT molecular complexity index is 1160. The van der Waals surface area contributed by atoms with Gasteiger partial charge in [-0.1, -0.05) is 13.8 Å². The van der Waals surface area contributed by atoms with Crippen molar-refractivity contribution in [2.24, 2.45) is 34.5 Å². The van der Waals surface area contributed by atoms with Crippen LogP contribution in [0.25, 0.3) is 0 Å². The number of allylic oxidation sites excluding steroid dienone is 3. The molecule has 5 aliphatic rings. The number of fused-ring (bicyclic) bond motifs is 5. The predicted octanol–water partition coefficient (Wildman–Crippen LogP) is -0.739. The second kappa shape index (κ2) is 9.43. The summed E-state index contributed by atoms with van der Waals surface area (Å²) in [5, 5.41) is 74.3. The molecule has 14 atom stereocenters. The van der Waals surface area contributed by atoms with Crippen LogP contribution in [0, 0.1) is 34.5 Å². The molecule has 40 heavy (non-hydrogen) atoms. The number of carbonyl (C=O) groups excluding carboxylic acids is 2. The maximum atomic E-state index is 18.1. The van der Waals surface area contributed by atoms with Gasteiger partial charge in [-0.2, -0.15) is 0 Å². The number of carbonyl (C=O) groups is 2. The molecule has 0 aromatic heterocycles. The molecule has 0 aromatic carbocycles. The molecule has 224 valence electrons. The SMILES string of the molecule is C[C@@H]1C[C@H]2[C@@H]3C[C@H](F)C4=CC(=O)C=C(C5(O)O[C@H](CO)[C@@H](O)[C@H](O)[C@H]5O)[C@]4(C)[C@@]3(F)[C@@H](O)C[C@]2(C)[C@H]1C(=O)CO. The first-order valence-electron chi connectivity index (χ1n) is 13.7. The van der Waals surface area contributed by atoms with Gasteiger partial charge in [0.1, 0.15) is 37.2 Å². The average molecular weight is 573 g/mol. The second-order valence-corrected chi connectivity index (χ2v) is 12.9. The largest absolute Gasteiger partial charge is 0.394 e. The summed E-state index contributed by atoms with van der Waals surface area (Å²) in [4.78, 5) is 25.6. The maximum absolute atomic E-state index is 18.1. The maximum Gasteiger partial charge on any atom is 0.219 e. The van der Waals surface area contributed by atoms with Gasteiger partial charge in [-0.05, 0) is 61.2 Å². The number of ether oxygens (including phenoxy) is 1. The molecule has 1 saturated heterocycles. The van der Waals surface area contributed by atoms with E-state index in [1.165, 1.54) is 6.92 Å². The molecule has 0 amide bonds. The van der Waals surface area contributed by atoms with E-state index in [-0.39, 0.29) is 17.9 Å². The van der Waals surface area contributed by atoms with Crippen molar-refractivity contribution in [1.29, 1.82) is 0 Å². The minimum atomic E-state index is -3.06. The monoisotopic (exact) mass is 572 g/mol. The molecule has 10 nitrogen and oxygen atoms in total. The van der Waals surface area contributed by atoms with Crippen molar-refractivity contribution in [1.82, 2.24) is 0 Å². The van der Waals surface area contributed by atoms with Crippen LogP contribution >= 0.6 is 0 Å². The molecule has 5 rings (SSSR count). The van der Waals surface area contributed by atoms with Crippen LogP contribution in [0.5, 0.6) is 0 Å². The first kappa shape index (κ1) is 29.8. The zero-order valence-electron chi connectivity index (χ0n) is 22.6. The van der Waals surface area contributed by atoms with Gasteiger partial charge in [-0.25, -0.2) is 8.78 Å². The quantitative estimate of drug-likeness (QED) is 0.226. The Kier molecular flexibility index (Phi) is 7.04. The average Bonchev–Trinajstić information content (AvgIpc) is 3.16. The van der Waals surface area contributed by atoms with Crippen LogP contribution in [0.3, 0.4) is 0 Å². The van der Waals surface area contributed by atoms with Crippen molar-refractivity contribution >= 4 is 11.6 Å². The van der Waals surface area contributed by atoms with Crippen molar-refractivity contribution in [3.63, 3.8) is 0 Å². The van der Waals surface area contributed by atoms with Crippen molar-refractivity contribution in [2.45, 2.75) is 88.2 Å². The van der Waals surface area contributed by atoms with Crippen LogP contribution in [0.4, 0.5) is 8.78 Å². The summed E-state index contributed by atoms with van der Waals surface area (Å²) >= 11 is 0. The zero-order valence-corrected chi connectivity index (χ0v) is 22.6. The number of alkyl halides is 2. The Hall–Kier alpha value is -1.64. The molecule has 4 aliphatic carbocycles. The van der Waals surface area contributed by atoms with Gasteiger partial charge in [-0.3, -0.25) is 9.59 Å². The minimum absolute atomic E-state index is 0.241. The summed E-state index contributed by atoms with van der Waals surface area (Å²) in [6.45, 7) is 3.07. The number of Topliss-reactive ketones (excluding diaryl/α,β-unsaturated/α-hetero) is 1. The van der Waals surface area contributed by atoms with E-state index < -0.39 is 114 Å². The van der Waals surface area contributed by atoms with Crippen molar-refractivity contribution in [3.8, 4) is 0 Å². The molecule has 0 aromatic rings. The van der Waals surface area contributed by atoms with Crippen LogP contribution in [0.1, 0.15) is 40.0 Å². The number of aliphatic hydroxyl groups excluding tert-OH is 6. The first-order chi connectivity index (χ1) is 18.5. The van der Waals surface area contributed by atoms with Crippen LogP contribution < -0.4 is 0 Å². The van der Waals surface area contributed by atoms with E-state index in [0.717, 1.165) is 12.2 Å². The van der Waals surface area contributed by atoms with Gasteiger partial charge in [0.2, 0.25) is 5.79 Å². The second-order valence-electron chi connectivity index (χ2n) is 12.9. The highest BCUT2D eigenvalue weighted by Gasteiger charge is 2.76. The highest BCUT2D eigenvalue weighted by molar-refractivity contribution is 6.02. The van der Waals surface area contributed by atoms with E-state index in [2.05, 4.69) is 0 Å². The van der Waals surface area contributed by atoms with Gasteiger partial charge in [-0.15, -0.1) is 0 Å². The third-order valence-corrected chi connectivity index (χ3v) is 11.0. The lowest BCUT2D eigenvalue weighted by atomic mass is 9.42. The summed E-state index contributed by atoms with van der Waals surface area (Å²) in [6, 6.07) is 0. The number of aliphatic hydroxyl groups is 7. The zero-order chi connectivity index (χ0) is 29.7. The van der Waals surface area contributed by atoms with Gasteiger partial charge in [0, 0.05) is 17.4 Å². The smallest absolute Gasteiger partial charge is 0.219 e. The standard InChI is InChI=1S/C28H38F2O10/c1-11-4-13-14-7-16(29)15-5-12(33)6-19(28(39)24(38)23(37)22(36)18(10-32)40-28)26(15,3)27(14,30)20(35)8-25(13,2)21(11)17(34)9-31/h5-6,11,13-14,16,18,20-24,31-32,35-39H,4,7-10H2,1-3H3/t11-,13+,14+,16+,18-,20+,21-,22-,23+,24-,25+,26-,27+,28?/m1/s1. The van der Waals surface area contributed by atoms with E-state index in [1.54, 1.807) is 13.8 Å². The molecule has 3 saturated carbocycles. The fraction of sp³-hybridized carbons (Fsp3) is 0.786. The van der Waals surface area contributed by atoms with Gasteiger partial charge in [0.05, 0.1) is 18.1 Å². The fourth-order valence-corrected chi connectivity index (χ4v) is 9.32. The molecule has 4 fully saturated rings. The normalized spacial score (nSPS) is 54.1. The summed E-state index contributed by atoms with van der Waals surface area (Å²) < 4.78 is 39.7. The molecule has 1 aliphatic heterocycles. The molecule has 0 bridgehead atoms. The Balaban J connectivity index is 1.69. The van der Waals surface area contributed by atoms with Gasteiger partial charge >= 0.3 is 0 Å². The van der Waals surface area contributed by atoms with Crippen LogP contribution in [0.15, 0.2) is 23.3 Å². The van der Waals surface area contributed by atoms with E-state index in [9.17, 15) is 45.3 Å². The lowest BCUT2D eigenvalue weighted by molar-refractivity contribution is -0.340. The van der Waals surface area contributed by atoms with Gasteiger partial charge in [0.25, 0.3) is 0 Å². The van der Waals surface area contributed by atoms with E-state index in [4.69, 9.17) is 4.74 Å². The molecule has 1 unspecified atom stereocenters. The highest BCUT2D eigenvalue weighted by atomic mass is 19.1. The molecule has 0 spiro atoms. The molecule has 1 heterocycles. The van der Waals surface area contributed by atoms with Gasteiger partial charge < -0.3 is 40.5 Å².